The Kier molecular flexibility index (Phi) is 52.7. The molecule has 0 aromatic carbocycles. The number of hydrogen-bond donors (Lipinski definition) is 3. The van der Waals surface area contributed by atoms with Gasteiger partial charge in [0.2, 0.25) is 5.91 Å². The average Bonchev–Trinajstić information content (AvgIpc) is 3.28. The van der Waals surface area contributed by atoms with E-state index in [1.807, 2.05) is 6.08 Å². The summed E-state index contributed by atoms with van der Waals surface area (Å²) in [5, 5.41) is 23.1. The van der Waals surface area contributed by atoms with Crippen molar-refractivity contribution >= 4 is 5.91 Å². The van der Waals surface area contributed by atoms with Crippen LogP contribution in [-0.2, 0) is 4.79 Å². The molecule has 0 aliphatic carbocycles. The summed E-state index contributed by atoms with van der Waals surface area (Å²) >= 11 is 0. The first-order valence-electron chi connectivity index (χ1n) is 28.2. The van der Waals surface area contributed by atoms with Gasteiger partial charge in [0, 0.05) is 6.42 Å². The first-order chi connectivity index (χ1) is 30.7. The van der Waals surface area contributed by atoms with Gasteiger partial charge in [0.25, 0.3) is 0 Å². The molecule has 0 heterocycles. The molecule has 0 aromatic rings. The highest BCUT2D eigenvalue weighted by atomic mass is 16.3. The lowest BCUT2D eigenvalue weighted by atomic mass is 10.0. The van der Waals surface area contributed by atoms with Crippen LogP contribution < -0.4 is 5.32 Å². The Morgan fingerprint density at radius 1 is 0.371 bits per heavy atom. The first-order valence-corrected chi connectivity index (χ1v) is 28.2. The molecule has 0 saturated heterocycles. The van der Waals surface area contributed by atoms with Crippen LogP contribution in [0.2, 0.25) is 0 Å². The molecule has 0 spiro atoms. The minimum atomic E-state index is -0.864. The van der Waals surface area contributed by atoms with Gasteiger partial charge in [0.15, 0.2) is 0 Å². The molecule has 0 aliphatic heterocycles. The Labute approximate surface area is 389 Å². The van der Waals surface area contributed by atoms with Crippen LogP contribution in [0.5, 0.6) is 0 Å². The molecule has 0 fully saturated rings. The van der Waals surface area contributed by atoms with Crippen molar-refractivity contribution in [1.82, 2.24) is 5.32 Å². The minimum absolute atomic E-state index is 0.0752. The van der Waals surface area contributed by atoms with Gasteiger partial charge >= 0.3 is 0 Å². The molecule has 0 aliphatic rings. The standard InChI is InChI=1S/C58H111NO3/c1-3-5-7-9-11-13-15-17-19-21-23-24-25-26-27-28-29-30-31-32-33-34-35-36-37-39-41-43-45-47-49-51-53-57(61)56(55-60)59-58(62)54-52-50-48-46-44-42-40-38-22-20-18-16-14-12-10-8-6-4-2/h20,22,43,45,51,53,56-57,60-61H,3-19,21,23-42,44,46-50,52,54-55H2,1-2H3,(H,59,62)/b22-20-,45-43+,53-51+. The van der Waals surface area contributed by atoms with Gasteiger partial charge < -0.3 is 15.5 Å². The maximum atomic E-state index is 12.4. The lowest BCUT2D eigenvalue weighted by Gasteiger charge is -2.19. The third kappa shape index (κ3) is 49.6. The molecule has 0 bridgehead atoms. The predicted molar refractivity (Wildman–Crippen MR) is 276 cm³/mol. The number of carbonyl (C=O) groups is 1. The summed E-state index contributed by atoms with van der Waals surface area (Å²) in [5.41, 5.74) is 0. The Morgan fingerprint density at radius 2 is 0.629 bits per heavy atom. The van der Waals surface area contributed by atoms with Crippen LogP contribution in [0, 0.1) is 0 Å². The first kappa shape index (κ1) is 60.6. The van der Waals surface area contributed by atoms with E-state index in [-0.39, 0.29) is 12.5 Å². The smallest absolute Gasteiger partial charge is 0.220 e. The minimum Gasteiger partial charge on any atom is -0.394 e. The van der Waals surface area contributed by atoms with Crippen molar-refractivity contribution in [2.45, 2.75) is 321 Å². The van der Waals surface area contributed by atoms with E-state index in [1.54, 1.807) is 6.08 Å². The van der Waals surface area contributed by atoms with E-state index in [2.05, 4.69) is 43.5 Å². The van der Waals surface area contributed by atoms with Gasteiger partial charge in [-0.1, -0.05) is 281 Å². The third-order valence-electron chi connectivity index (χ3n) is 13.1. The topological polar surface area (TPSA) is 69.6 Å². The summed E-state index contributed by atoms with van der Waals surface area (Å²) in [6, 6.07) is -0.641. The molecule has 0 radical (unpaired) electrons. The second-order valence-corrected chi connectivity index (χ2v) is 19.3. The monoisotopic (exact) mass is 870 g/mol. The van der Waals surface area contributed by atoms with E-state index in [0.29, 0.717) is 6.42 Å². The number of aliphatic hydroxyl groups is 2. The highest BCUT2D eigenvalue weighted by Crippen LogP contribution is 2.17. The quantitative estimate of drug-likeness (QED) is 0.0421. The molecule has 3 N–H and O–H groups in total. The van der Waals surface area contributed by atoms with Crippen LogP contribution in [0.4, 0.5) is 0 Å². The van der Waals surface area contributed by atoms with Gasteiger partial charge in [-0.25, -0.2) is 0 Å². The molecule has 2 unspecified atom stereocenters. The Hall–Kier alpha value is -1.39. The zero-order valence-electron chi connectivity index (χ0n) is 42.2. The van der Waals surface area contributed by atoms with Crippen LogP contribution in [-0.4, -0.2) is 34.9 Å². The molecule has 0 rings (SSSR count). The number of aliphatic hydroxyl groups excluding tert-OH is 2. The Bertz CT molecular complexity index is 943. The number of hydrogen-bond acceptors (Lipinski definition) is 3. The average molecular weight is 871 g/mol. The number of carbonyl (C=O) groups excluding carboxylic acids is 1. The summed E-state index contributed by atoms with van der Waals surface area (Å²) in [6.07, 6.45) is 73.2. The van der Waals surface area contributed by atoms with Crippen molar-refractivity contribution in [3.05, 3.63) is 36.5 Å². The van der Waals surface area contributed by atoms with Gasteiger partial charge in [0.1, 0.15) is 0 Å². The van der Waals surface area contributed by atoms with Crippen LogP contribution in [0.25, 0.3) is 0 Å². The van der Waals surface area contributed by atoms with Crippen LogP contribution >= 0.6 is 0 Å². The van der Waals surface area contributed by atoms with Gasteiger partial charge in [-0.3, -0.25) is 4.79 Å². The number of amides is 1. The summed E-state index contributed by atoms with van der Waals surface area (Å²) in [7, 11) is 0. The molecule has 0 aromatic heterocycles. The molecule has 1 amide bonds. The van der Waals surface area contributed by atoms with E-state index in [4.69, 9.17) is 0 Å². The van der Waals surface area contributed by atoms with Gasteiger partial charge in [-0.15, -0.1) is 0 Å². The fourth-order valence-corrected chi connectivity index (χ4v) is 8.78. The summed E-state index contributed by atoms with van der Waals surface area (Å²) in [6.45, 7) is 4.32. The Morgan fingerprint density at radius 3 is 0.935 bits per heavy atom. The fourth-order valence-electron chi connectivity index (χ4n) is 8.78. The molecule has 62 heavy (non-hydrogen) atoms. The molecule has 366 valence electrons. The molecular formula is C58H111NO3. The lowest BCUT2D eigenvalue weighted by Crippen LogP contribution is -2.45. The highest BCUT2D eigenvalue weighted by molar-refractivity contribution is 5.76. The Balaban J connectivity index is 3.49. The SMILES string of the molecule is CCCCCCCCC/C=C\CCCCCCCCCC(=O)NC(CO)C(O)/C=C/CC/C=C/CCCCCCCCCCCCCCCCCCCCCCCCCCCC. The van der Waals surface area contributed by atoms with Crippen molar-refractivity contribution in [1.29, 1.82) is 0 Å². The maximum absolute atomic E-state index is 12.4. The van der Waals surface area contributed by atoms with Crippen LogP contribution in [0.1, 0.15) is 309 Å². The summed E-state index contributed by atoms with van der Waals surface area (Å²) in [4.78, 5) is 12.4. The highest BCUT2D eigenvalue weighted by Gasteiger charge is 2.18. The maximum Gasteiger partial charge on any atom is 0.220 e. The van der Waals surface area contributed by atoms with Gasteiger partial charge in [0.05, 0.1) is 18.8 Å². The molecule has 4 heteroatoms. The molecular weight excluding hydrogens is 759 g/mol. The van der Waals surface area contributed by atoms with E-state index in [1.165, 1.54) is 257 Å². The number of rotatable bonds is 52. The van der Waals surface area contributed by atoms with Gasteiger partial charge in [-0.2, -0.15) is 0 Å². The van der Waals surface area contributed by atoms with E-state index in [0.717, 1.165) is 32.1 Å². The second kappa shape index (κ2) is 53.9. The third-order valence-corrected chi connectivity index (χ3v) is 13.1. The summed E-state index contributed by atoms with van der Waals surface area (Å²) < 4.78 is 0. The molecule has 0 saturated carbocycles. The summed E-state index contributed by atoms with van der Waals surface area (Å²) in [5.74, 6) is -0.0752. The second-order valence-electron chi connectivity index (χ2n) is 19.3. The lowest BCUT2D eigenvalue weighted by molar-refractivity contribution is -0.123. The van der Waals surface area contributed by atoms with Crippen molar-refractivity contribution in [2.75, 3.05) is 6.61 Å². The van der Waals surface area contributed by atoms with Crippen molar-refractivity contribution in [3.8, 4) is 0 Å². The fraction of sp³-hybridized carbons (Fsp3) is 0.879. The van der Waals surface area contributed by atoms with E-state index < -0.39 is 12.1 Å². The number of allylic oxidation sites excluding steroid dienone is 5. The largest absolute Gasteiger partial charge is 0.394 e. The van der Waals surface area contributed by atoms with Gasteiger partial charge in [-0.05, 0) is 57.8 Å². The van der Waals surface area contributed by atoms with Crippen LogP contribution in [0.15, 0.2) is 36.5 Å². The van der Waals surface area contributed by atoms with Crippen molar-refractivity contribution in [3.63, 3.8) is 0 Å². The normalized spacial score (nSPS) is 13.0. The zero-order chi connectivity index (χ0) is 44.9. The zero-order valence-corrected chi connectivity index (χ0v) is 42.2. The van der Waals surface area contributed by atoms with Crippen LogP contribution in [0.3, 0.4) is 0 Å². The molecule has 4 nitrogen and oxygen atoms in total. The van der Waals surface area contributed by atoms with Crippen molar-refractivity contribution < 1.29 is 15.0 Å². The van der Waals surface area contributed by atoms with E-state index >= 15 is 0 Å². The van der Waals surface area contributed by atoms with Crippen molar-refractivity contribution in [2.24, 2.45) is 0 Å². The number of unbranched alkanes of at least 4 members (excludes halogenated alkanes) is 41. The number of nitrogens with one attached hydrogen (secondary N) is 1. The molecule has 2 atom stereocenters. The predicted octanol–water partition coefficient (Wildman–Crippen LogP) is 18.5. The van der Waals surface area contributed by atoms with E-state index in [9.17, 15) is 15.0 Å².